The summed E-state index contributed by atoms with van der Waals surface area (Å²) < 4.78 is 0. The first kappa shape index (κ1) is 13.0. The van der Waals surface area contributed by atoms with Gasteiger partial charge in [-0.3, -0.25) is 0 Å². The van der Waals surface area contributed by atoms with Gasteiger partial charge in [0.15, 0.2) is 0 Å². The summed E-state index contributed by atoms with van der Waals surface area (Å²) in [4.78, 5) is 2.53. The first-order chi connectivity index (χ1) is 6.80. The van der Waals surface area contributed by atoms with Crippen molar-refractivity contribution < 1.29 is 5.11 Å². The molecule has 2 heteroatoms. The molecule has 0 aromatic rings. The summed E-state index contributed by atoms with van der Waals surface area (Å²) >= 11 is 0. The molecule has 0 aromatic heterocycles. The van der Waals surface area contributed by atoms with E-state index in [4.69, 9.17) is 0 Å². The highest BCUT2D eigenvalue weighted by Crippen LogP contribution is 2.34. The van der Waals surface area contributed by atoms with E-state index in [0.29, 0.717) is 11.5 Å². The van der Waals surface area contributed by atoms with Crippen LogP contribution in [-0.2, 0) is 0 Å². The Hall–Kier alpha value is -0.0800. The Morgan fingerprint density at radius 2 is 1.93 bits per heavy atom. The molecule has 0 amide bonds. The molecule has 90 valence electrons. The van der Waals surface area contributed by atoms with Crippen LogP contribution in [0.2, 0.25) is 0 Å². The van der Waals surface area contributed by atoms with E-state index in [2.05, 4.69) is 32.6 Å². The fourth-order valence-corrected chi connectivity index (χ4v) is 2.54. The fraction of sp³-hybridized carbons (Fsp3) is 1.00. The van der Waals surface area contributed by atoms with Crippen LogP contribution in [0.15, 0.2) is 0 Å². The van der Waals surface area contributed by atoms with Gasteiger partial charge in [0.25, 0.3) is 0 Å². The van der Waals surface area contributed by atoms with E-state index >= 15 is 0 Å². The monoisotopic (exact) mass is 213 g/mol. The Balaban J connectivity index is 2.42. The molecule has 3 atom stereocenters. The molecule has 3 unspecified atom stereocenters. The van der Waals surface area contributed by atoms with Gasteiger partial charge in [0, 0.05) is 12.6 Å². The lowest BCUT2D eigenvalue weighted by atomic mass is 9.80. The minimum atomic E-state index is -0.173. The van der Waals surface area contributed by atoms with Gasteiger partial charge in [0.1, 0.15) is 0 Å². The van der Waals surface area contributed by atoms with E-state index in [9.17, 15) is 5.11 Å². The van der Waals surface area contributed by atoms with E-state index < -0.39 is 0 Å². The van der Waals surface area contributed by atoms with Crippen molar-refractivity contribution in [3.63, 3.8) is 0 Å². The van der Waals surface area contributed by atoms with Crippen molar-refractivity contribution in [2.45, 2.75) is 59.6 Å². The fourth-order valence-electron chi connectivity index (χ4n) is 2.54. The summed E-state index contributed by atoms with van der Waals surface area (Å²) in [7, 11) is 0. The van der Waals surface area contributed by atoms with Gasteiger partial charge in [-0.15, -0.1) is 0 Å². The maximum Gasteiger partial charge on any atom is 0.0526 e. The standard InChI is InChI=1S/C13H27NO/c1-10(8-11(2)15)14-7-6-12(9-14)13(3,4)5/h10-12,15H,6-9H2,1-5H3. The molecule has 1 N–H and O–H groups in total. The van der Waals surface area contributed by atoms with Gasteiger partial charge >= 0.3 is 0 Å². The summed E-state index contributed by atoms with van der Waals surface area (Å²) in [6, 6.07) is 0.525. The van der Waals surface area contributed by atoms with Crippen LogP contribution in [0.3, 0.4) is 0 Å². The van der Waals surface area contributed by atoms with Crippen molar-refractivity contribution in [1.82, 2.24) is 4.90 Å². The summed E-state index contributed by atoms with van der Waals surface area (Å²) in [5.74, 6) is 0.814. The van der Waals surface area contributed by atoms with Crippen molar-refractivity contribution in [1.29, 1.82) is 0 Å². The van der Waals surface area contributed by atoms with Crippen molar-refractivity contribution >= 4 is 0 Å². The molecule has 0 spiro atoms. The number of hydrogen-bond acceptors (Lipinski definition) is 2. The molecule has 1 saturated heterocycles. The highest BCUT2D eigenvalue weighted by molar-refractivity contribution is 4.86. The molecule has 1 aliphatic rings. The number of aliphatic hydroxyl groups excluding tert-OH is 1. The maximum atomic E-state index is 9.38. The summed E-state index contributed by atoms with van der Waals surface area (Å²) in [6.07, 6.45) is 2.04. The molecule has 0 bridgehead atoms. The molecule has 0 aliphatic carbocycles. The molecule has 1 heterocycles. The third-order valence-electron chi connectivity index (χ3n) is 3.75. The zero-order chi connectivity index (χ0) is 11.6. The quantitative estimate of drug-likeness (QED) is 0.778. The van der Waals surface area contributed by atoms with Crippen LogP contribution in [0, 0.1) is 11.3 Å². The van der Waals surface area contributed by atoms with Crippen LogP contribution >= 0.6 is 0 Å². The van der Waals surface area contributed by atoms with Crippen molar-refractivity contribution in [2.75, 3.05) is 13.1 Å². The molecule has 1 aliphatic heterocycles. The van der Waals surface area contributed by atoms with Gasteiger partial charge in [-0.05, 0) is 44.6 Å². The summed E-state index contributed by atoms with van der Waals surface area (Å²) in [6.45, 7) is 13.5. The van der Waals surface area contributed by atoms with Crippen LogP contribution in [0.25, 0.3) is 0 Å². The molecule has 1 fully saturated rings. The largest absolute Gasteiger partial charge is 0.393 e. The smallest absolute Gasteiger partial charge is 0.0526 e. The maximum absolute atomic E-state index is 9.38. The molecule has 0 aromatic carbocycles. The van der Waals surface area contributed by atoms with Gasteiger partial charge in [0.2, 0.25) is 0 Å². The number of aliphatic hydroxyl groups is 1. The SMILES string of the molecule is CC(O)CC(C)N1CCC(C(C)(C)C)C1. The van der Waals surface area contributed by atoms with Crippen molar-refractivity contribution in [3.8, 4) is 0 Å². The van der Waals surface area contributed by atoms with Crippen molar-refractivity contribution in [3.05, 3.63) is 0 Å². The highest BCUT2D eigenvalue weighted by atomic mass is 16.3. The van der Waals surface area contributed by atoms with Crippen LogP contribution in [-0.4, -0.2) is 35.2 Å². The van der Waals surface area contributed by atoms with Crippen LogP contribution < -0.4 is 0 Å². The Morgan fingerprint density at radius 1 is 1.33 bits per heavy atom. The van der Waals surface area contributed by atoms with Gasteiger partial charge < -0.3 is 10.0 Å². The predicted molar refractivity (Wildman–Crippen MR) is 64.9 cm³/mol. The molecule has 15 heavy (non-hydrogen) atoms. The van der Waals surface area contributed by atoms with E-state index in [1.807, 2.05) is 6.92 Å². The first-order valence-corrected chi connectivity index (χ1v) is 6.23. The topological polar surface area (TPSA) is 23.5 Å². The number of likely N-dealkylation sites (tertiary alicyclic amines) is 1. The zero-order valence-corrected chi connectivity index (χ0v) is 11.0. The second-order valence-electron chi connectivity index (χ2n) is 6.28. The van der Waals surface area contributed by atoms with Crippen molar-refractivity contribution in [2.24, 2.45) is 11.3 Å². The van der Waals surface area contributed by atoms with Crippen LogP contribution in [0.5, 0.6) is 0 Å². The Kier molecular flexibility index (Phi) is 4.19. The minimum Gasteiger partial charge on any atom is -0.393 e. The van der Waals surface area contributed by atoms with Crippen LogP contribution in [0.4, 0.5) is 0 Å². The third kappa shape index (κ3) is 3.76. The summed E-state index contributed by atoms with van der Waals surface area (Å²) in [5, 5.41) is 9.38. The molecular formula is C13H27NO. The van der Waals surface area contributed by atoms with E-state index in [1.54, 1.807) is 0 Å². The van der Waals surface area contributed by atoms with E-state index in [-0.39, 0.29) is 6.10 Å². The predicted octanol–water partition coefficient (Wildman–Crippen LogP) is 2.51. The van der Waals surface area contributed by atoms with Gasteiger partial charge in [-0.2, -0.15) is 0 Å². The summed E-state index contributed by atoms with van der Waals surface area (Å²) in [5.41, 5.74) is 0.430. The van der Waals surface area contributed by atoms with Gasteiger partial charge in [-0.1, -0.05) is 20.8 Å². The Labute approximate surface area is 94.7 Å². The molecule has 2 nitrogen and oxygen atoms in total. The third-order valence-corrected chi connectivity index (χ3v) is 3.75. The second kappa shape index (κ2) is 4.84. The molecule has 0 saturated carbocycles. The minimum absolute atomic E-state index is 0.173. The van der Waals surface area contributed by atoms with Gasteiger partial charge in [0.05, 0.1) is 6.10 Å². The van der Waals surface area contributed by atoms with Crippen LogP contribution in [0.1, 0.15) is 47.5 Å². The number of rotatable bonds is 3. The Morgan fingerprint density at radius 3 is 2.33 bits per heavy atom. The lowest BCUT2D eigenvalue weighted by Gasteiger charge is -2.29. The average Bonchev–Trinajstić information content (AvgIpc) is 2.48. The van der Waals surface area contributed by atoms with E-state index in [0.717, 1.165) is 12.3 Å². The normalized spacial score (nSPS) is 28.0. The molecule has 1 rings (SSSR count). The zero-order valence-electron chi connectivity index (χ0n) is 11.0. The number of nitrogens with zero attached hydrogens (tertiary/aromatic N) is 1. The lowest BCUT2D eigenvalue weighted by Crippen LogP contribution is -2.34. The average molecular weight is 213 g/mol. The number of hydrogen-bond donors (Lipinski definition) is 1. The molecular weight excluding hydrogens is 186 g/mol. The van der Waals surface area contributed by atoms with Gasteiger partial charge in [-0.25, -0.2) is 0 Å². The highest BCUT2D eigenvalue weighted by Gasteiger charge is 2.33. The first-order valence-electron chi connectivity index (χ1n) is 6.23. The lowest BCUT2D eigenvalue weighted by molar-refractivity contribution is 0.125. The second-order valence-corrected chi connectivity index (χ2v) is 6.28. The Bertz CT molecular complexity index is 195. The van der Waals surface area contributed by atoms with E-state index in [1.165, 1.54) is 19.5 Å². The molecule has 0 radical (unpaired) electrons.